The lowest BCUT2D eigenvalue weighted by Gasteiger charge is -2.15. The zero-order valence-electron chi connectivity index (χ0n) is 7.16. The molecule has 0 aromatic carbocycles. The molecular formula is C7H15NO3S. The summed E-state index contributed by atoms with van der Waals surface area (Å²) in [5, 5.41) is 12.5. The molecule has 12 heavy (non-hydrogen) atoms. The molecule has 0 bridgehead atoms. The predicted molar refractivity (Wildman–Crippen MR) is 46.7 cm³/mol. The molecular weight excluding hydrogens is 178 g/mol. The summed E-state index contributed by atoms with van der Waals surface area (Å²) in [7, 11) is -3.04. The van der Waals surface area contributed by atoms with Crippen molar-refractivity contribution in [3.05, 3.63) is 0 Å². The highest BCUT2D eigenvalue weighted by Gasteiger charge is 2.25. The second kappa shape index (κ2) is 3.72. The van der Waals surface area contributed by atoms with E-state index in [1.165, 1.54) is 0 Å². The van der Waals surface area contributed by atoms with Crippen LogP contribution in [0.5, 0.6) is 0 Å². The number of hydrogen-bond acceptors (Lipinski definition) is 4. The quantitative estimate of drug-likeness (QED) is 0.603. The van der Waals surface area contributed by atoms with Crippen molar-refractivity contribution in [2.75, 3.05) is 25.1 Å². The van der Waals surface area contributed by atoms with Crippen molar-refractivity contribution in [1.29, 1.82) is 0 Å². The zero-order valence-corrected chi connectivity index (χ0v) is 7.97. The van der Waals surface area contributed by atoms with Crippen LogP contribution in [0.25, 0.3) is 0 Å². The van der Waals surface area contributed by atoms with E-state index in [1.807, 2.05) is 0 Å². The average Bonchev–Trinajstić information content (AvgIpc) is 2.32. The van der Waals surface area contributed by atoms with E-state index in [2.05, 4.69) is 5.32 Å². The summed E-state index contributed by atoms with van der Waals surface area (Å²) < 4.78 is 21.6. The molecule has 0 aliphatic carbocycles. The molecule has 1 aliphatic heterocycles. The van der Waals surface area contributed by atoms with Crippen LogP contribution in [0.1, 0.15) is 6.42 Å². The van der Waals surface area contributed by atoms with Gasteiger partial charge in [-0.3, -0.25) is 0 Å². The molecule has 0 aromatic heterocycles. The van der Waals surface area contributed by atoms with Crippen molar-refractivity contribution < 1.29 is 13.5 Å². The first-order valence-corrected chi connectivity index (χ1v) is 6.11. The fourth-order valence-corrected chi connectivity index (χ4v) is 2.34. The largest absolute Gasteiger partial charge is 0.392 e. The molecule has 72 valence electrons. The highest BCUT2D eigenvalue weighted by Crippen LogP contribution is 2.13. The summed E-state index contributed by atoms with van der Waals surface area (Å²) in [5.41, 5.74) is 0. The van der Waals surface area contributed by atoms with Crippen LogP contribution in [0.4, 0.5) is 0 Å². The Morgan fingerprint density at radius 3 is 2.75 bits per heavy atom. The maximum atomic E-state index is 10.8. The molecule has 0 amide bonds. The van der Waals surface area contributed by atoms with Gasteiger partial charge in [0.15, 0.2) is 0 Å². The van der Waals surface area contributed by atoms with Gasteiger partial charge in [0.1, 0.15) is 9.84 Å². The number of sulfone groups is 1. The van der Waals surface area contributed by atoms with Crippen molar-refractivity contribution in [2.45, 2.75) is 12.5 Å². The van der Waals surface area contributed by atoms with Gasteiger partial charge in [-0.15, -0.1) is 0 Å². The maximum absolute atomic E-state index is 10.8. The molecule has 4 nitrogen and oxygen atoms in total. The van der Waals surface area contributed by atoms with Gasteiger partial charge in [-0.2, -0.15) is 0 Å². The van der Waals surface area contributed by atoms with Crippen LogP contribution in [0.3, 0.4) is 0 Å². The minimum atomic E-state index is -3.04. The summed E-state index contributed by atoms with van der Waals surface area (Å²) in [6.45, 7) is 1.61. The van der Waals surface area contributed by atoms with Gasteiger partial charge in [0.05, 0.1) is 11.9 Å². The molecule has 1 aliphatic rings. The van der Waals surface area contributed by atoms with Crippen LogP contribution < -0.4 is 5.32 Å². The molecule has 0 radical (unpaired) electrons. The van der Waals surface area contributed by atoms with Crippen molar-refractivity contribution in [3.8, 4) is 0 Å². The van der Waals surface area contributed by atoms with Gasteiger partial charge >= 0.3 is 0 Å². The van der Waals surface area contributed by atoms with Crippen LogP contribution in [-0.4, -0.2) is 44.7 Å². The topological polar surface area (TPSA) is 66.4 Å². The van der Waals surface area contributed by atoms with Crippen LogP contribution in [0.15, 0.2) is 0 Å². The maximum Gasteiger partial charge on any atom is 0.150 e. The normalized spacial score (nSPS) is 27.3. The van der Waals surface area contributed by atoms with Gasteiger partial charge in [0.2, 0.25) is 0 Å². The van der Waals surface area contributed by atoms with E-state index in [1.54, 1.807) is 0 Å². The van der Waals surface area contributed by atoms with E-state index in [-0.39, 0.29) is 11.7 Å². The lowest BCUT2D eigenvalue weighted by Crippen LogP contribution is -2.29. The highest BCUT2D eigenvalue weighted by molar-refractivity contribution is 7.90. The second-order valence-electron chi connectivity index (χ2n) is 3.41. The van der Waals surface area contributed by atoms with Gasteiger partial charge in [-0.1, -0.05) is 0 Å². The zero-order chi connectivity index (χ0) is 9.19. The van der Waals surface area contributed by atoms with E-state index in [9.17, 15) is 13.5 Å². The van der Waals surface area contributed by atoms with Crippen molar-refractivity contribution in [1.82, 2.24) is 5.32 Å². The molecule has 2 unspecified atom stereocenters. The monoisotopic (exact) mass is 193 g/mol. The van der Waals surface area contributed by atoms with Crippen LogP contribution >= 0.6 is 0 Å². The minimum absolute atomic E-state index is 0.111. The van der Waals surface area contributed by atoms with E-state index < -0.39 is 15.9 Å². The first-order chi connectivity index (χ1) is 5.49. The fourth-order valence-electron chi connectivity index (χ4n) is 1.45. The van der Waals surface area contributed by atoms with Crippen LogP contribution in [-0.2, 0) is 9.84 Å². The Hall–Kier alpha value is -0.130. The Balaban J connectivity index is 2.42. The molecule has 1 heterocycles. The molecule has 1 rings (SSSR count). The minimum Gasteiger partial charge on any atom is -0.392 e. The fraction of sp³-hybridized carbons (Fsp3) is 1.00. The van der Waals surface area contributed by atoms with E-state index in [0.717, 1.165) is 25.8 Å². The van der Waals surface area contributed by atoms with Gasteiger partial charge in [0.25, 0.3) is 0 Å². The first-order valence-electron chi connectivity index (χ1n) is 4.05. The van der Waals surface area contributed by atoms with Crippen LogP contribution in [0, 0.1) is 5.92 Å². The van der Waals surface area contributed by atoms with E-state index in [0.29, 0.717) is 0 Å². The molecule has 0 saturated carbocycles. The molecule has 0 aromatic rings. The van der Waals surface area contributed by atoms with Gasteiger partial charge < -0.3 is 10.4 Å². The first kappa shape index (κ1) is 9.95. The lowest BCUT2D eigenvalue weighted by molar-refractivity contribution is 0.138. The number of aliphatic hydroxyl groups is 1. The van der Waals surface area contributed by atoms with Gasteiger partial charge in [-0.05, 0) is 18.9 Å². The third kappa shape index (κ3) is 3.08. The molecule has 2 atom stereocenters. The van der Waals surface area contributed by atoms with Gasteiger partial charge in [-0.25, -0.2) is 8.42 Å². The van der Waals surface area contributed by atoms with Crippen molar-refractivity contribution in [2.24, 2.45) is 5.92 Å². The standard InChI is InChI=1S/C7H15NO3S/c1-12(10,11)5-7(9)6-2-3-8-4-6/h6-9H,2-5H2,1H3. The lowest BCUT2D eigenvalue weighted by atomic mass is 10.0. The Kier molecular flexibility index (Phi) is 3.09. The predicted octanol–water partition coefficient (Wildman–Crippen LogP) is -0.999. The summed E-state index contributed by atoms with van der Waals surface area (Å²) in [4.78, 5) is 0. The second-order valence-corrected chi connectivity index (χ2v) is 5.60. The molecule has 0 spiro atoms. The number of hydrogen-bond donors (Lipinski definition) is 2. The Bertz CT molecular complexity index is 231. The summed E-state index contributed by atoms with van der Waals surface area (Å²) >= 11 is 0. The molecule has 2 N–H and O–H groups in total. The van der Waals surface area contributed by atoms with Crippen molar-refractivity contribution in [3.63, 3.8) is 0 Å². The SMILES string of the molecule is CS(=O)(=O)CC(O)C1CCNC1. The number of nitrogens with one attached hydrogen (secondary N) is 1. The Labute approximate surface area is 72.9 Å². The number of rotatable bonds is 3. The van der Waals surface area contributed by atoms with E-state index in [4.69, 9.17) is 0 Å². The number of aliphatic hydroxyl groups excluding tert-OH is 1. The highest BCUT2D eigenvalue weighted by atomic mass is 32.2. The average molecular weight is 193 g/mol. The summed E-state index contributed by atoms with van der Waals surface area (Å²) in [6.07, 6.45) is 1.32. The van der Waals surface area contributed by atoms with Crippen molar-refractivity contribution >= 4 is 9.84 Å². The Morgan fingerprint density at radius 1 is 1.67 bits per heavy atom. The third-order valence-electron chi connectivity index (χ3n) is 2.12. The smallest absolute Gasteiger partial charge is 0.150 e. The van der Waals surface area contributed by atoms with Crippen LogP contribution in [0.2, 0.25) is 0 Å². The summed E-state index contributed by atoms with van der Waals surface area (Å²) in [6, 6.07) is 0. The molecule has 5 heteroatoms. The Morgan fingerprint density at radius 2 is 2.33 bits per heavy atom. The molecule has 1 fully saturated rings. The van der Waals surface area contributed by atoms with Gasteiger partial charge in [0, 0.05) is 12.8 Å². The summed E-state index contributed by atoms with van der Waals surface area (Å²) in [5.74, 6) is -0.000903. The molecule has 1 saturated heterocycles. The third-order valence-corrected chi connectivity index (χ3v) is 3.06. The van der Waals surface area contributed by atoms with E-state index >= 15 is 0 Å².